The lowest BCUT2D eigenvalue weighted by Crippen LogP contribution is -2.52. The second-order valence-corrected chi connectivity index (χ2v) is 5.41. The van der Waals surface area contributed by atoms with Crippen LogP contribution in [0.2, 0.25) is 0 Å². The Kier molecular flexibility index (Phi) is 2.25. The van der Waals surface area contributed by atoms with Crippen LogP contribution < -0.4 is 0 Å². The maximum atomic E-state index is 11.1. The van der Waals surface area contributed by atoms with Crippen molar-refractivity contribution in [3.05, 3.63) is 0 Å². The van der Waals surface area contributed by atoms with Gasteiger partial charge in [-0.25, -0.2) is 8.42 Å². The quantitative estimate of drug-likeness (QED) is 0.622. The molecule has 11 heavy (non-hydrogen) atoms. The molecule has 1 saturated heterocycles. The Balaban J connectivity index is 2.65. The summed E-state index contributed by atoms with van der Waals surface area (Å²) < 4.78 is 23.7. The molecule has 1 heterocycles. The van der Waals surface area contributed by atoms with Crippen LogP contribution in [-0.4, -0.2) is 31.6 Å². The van der Waals surface area contributed by atoms with Gasteiger partial charge in [-0.3, -0.25) is 0 Å². The predicted octanol–water partition coefficient (Wildman–Crippen LogP) is 0.676. The lowest BCUT2D eigenvalue weighted by atomic mass is 9.95. The van der Waals surface area contributed by atoms with Crippen LogP contribution in [0.3, 0.4) is 0 Å². The van der Waals surface area contributed by atoms with Crippen LogP contribution in [0.15, 0.2) is 0 Å². The average Bonchev–Trinajstić information content (AvgIpc) is 1.51. The summed E-state index contributed by atoms with van der Waals surface area (Å²) in [7, 11) is -2.93. The third kappa shape index (κ3) is 1.73. The second kappa shape index (κ2) is 2.75. The summed E-state index contributed by atoms with van der Waals surface area (Å²) in [6.45, 7) is 4.83. The molecule has 1 rings (SSSR count). The van der Waals surface area contributed by atoms with Gasteiger partial charge in [0.25, 0.3) is 0 Å². The fraction of sp³-hybridized carbons (Fsp3) is 1.00. The van der Waals surface area contributed by atoms with E-state index in [1.165, 1.54) is 6.26 Å². The van der Waals surface area contributed by atoms with Gasteiger partial charge in [-0.05, 0) is 12.3 Å². The van der Waals surface area contributed by atoms with Crippen molar-refractivity contribution in [1.29, 1.82) is 0 Å². The molecule has 0 aromatic carbocycles. The fourth-order valence-electron chi connectivity index (χ4n) is 1.46. The molecule has 0 aromatic rings. The minimum atomic E-state index is -2.93. The maximum absolute atomic E-state index is 11.1. The Morgan fingerprint density at radius 1 is 1.45 bits per heavy atom. The van der Waals surface area contributed by atoms with Crippen molar-refractivity contribution in [2.75, 3.05) is 12.8 Å². The third-order valence-corrected chi connectivity index (χ3v) is 3.52. The van der Waals surface area contributed by atoms with Gasteiger partial charge in [-0.1, -0.05) is 13.8 Å². The summed E-state index contributed by atoms with van der Waals surface area (Å²) in [4.78, 5) is 0. The van der Waals surface area contributed by atoms with E-state index in [2.05, 4.69) is 13.8 Å². The van der Waals surface area contributed by atoms with E-state index in [9.17, 15) is 8.42 Å². The summed E-state index contributed by atoms with van der Waals surface area (Å²) >= 11 is 0. The highest BCUT2D eigenvalue weighted by Crippen LogP contribution is 2.26. The standard InChI is InChI=1S/C7H15NO2S/c1-6(2)7-4-5-8(7)11(3,9)10/h6-7H,4-5H2,1-3H3. The Morgan fingerprint density at radius 3 is 2.09 bits per heavy atom. The van der Waals surface area contributed by atoms with Crippen molar-refractivity contribution < 1.29 is 8.42 Å². The Morgan fingerprint density at radius 2 is 2.00 bits per heavy atom. The largest absolute Gasteiger partial charge is 0.212 e. The monoisotopic (exact) mass is 177 g/mol. The van der Waals surface area contributed by atoms with E-state index in [1.54, 1.807) is 4.31 Å². The Labute approximate surface area is 68.4 Å². The van der Waals surface area contributed by atoms with Gasteiger partial charge in [0, 0.05) is 12.6 Å². The van der Waals surface area contributed by atoms with Crippen molar-refractivity contribution in [1.82, 2.24) is 4.31 Å². The van der Waals surface area contributed by atoms with Crippen molar-refractivity contribution in [2.24, 2.45) is 5.92 Å². The highest BCUT2D eigenvalue weighted by atomic mass is 32.2. The first-order chi connectivity index (χ1) is 4.93. The minimum Gasteiger partial charge on any atom is -0.212 e. The van der Waals surface area contributed by atoms with Gasteiger partial charge in [-0.2, -0.15) is 4.31 Å². The second-order valence-electron chi connectivity index (χ2n) is 3.47. The zero-order valence-corrected chi connectivity index (χ0v) is 8.06. The smallest absolute Gasteiger partial charge is 0.211 e. The third-order valence-electron chi connectivity index (χ3n) is 2.21. The minimum absolute atomic E-state index is 0.255. The molecule has 1 aliphatic rings. The molecule has 3 nitrogen and oxygen atoms in total. The first kappa shape index (κ1) is 9.00. The van der Waals surface area contributed by atoms with Gasteiger partial charge >= 0.3 is 0 Å². The number of rotatable bonds is 2. The van der Waals surface area contributed by atoms with Crippen LogP contribution in [-0.2, 0) is 10.0 Å². The molecule has 66 valence electrons. The topological polar surface area (TPSA) is 37.4 Å². The van der Waals surface area contributed by atoms with Crippen LogP contribution in [0.25, 0.3) is 0 Å². The van der Waals surface area contributed by atoms with E-state index in [4.69, 9.17) is 0 Å². The lowest BCUT2D eigenvalue weighted by Gasteiger charge is -2.41. The highest BCUT2D eigenvalue weighted by Gasteiger charge is 2.36. The SMILES string of the molecule is CC(C)C1CCN1S(C)(=O)=O. The van der Waals surface area contributed by atoms with Gasteiger partial charge < -0.3 is 0 Å². The van der Waals surface area contributed by atoms with Crippen molar-refractivity contribution in [2.45, 2.75) is 26.3 Å². The van der Waals surface area contributed by atoms with Crippen molar-refractivity contribution >= 4 is 10.0 Å². The molecular formula is C7H15NO2S. The van der Waals surface area contributed by atoms with Crippen LogP contribution in [0.1, 0.15) is 20.3 Å². The number of hydrogen-bond donors (Lipinski definition) is 0. The molecule has 4 heteroatoms. The van der Waals surface area contributed by atoms with E-state index in [-0.39, 0.29) is 6.04 Å². The molecule has 0 N–H and O–H groups in total. The molecule has 1 aliphatic heterocycles. The van der Waals surface area contributed by atoms with Gasteiger partial charge in [0.05, 0.1) is 6.26 Å². The first-order valence-corrected chi connectivity index (χ1v) is 5.74. The summed E-state index contributed by atoms with van der Waals surface area (Å²) in [5.74, 6) is 0.443. The van der Waals surface area contributed by atoms with Crippen molar-refractivity contribution in [3.8, 4) is 0 Å². The van der Waals surface area contributed by atoms with Crippen LogP contribution in [0, 0.1) is 5.92 Å². The molecule has 0 radical (unpaired) electrons. The maximum Gasteiger partial charge on any atom is 0.211 e. The van der Waals surface area contributed by atoms with Crippen LogP contribution in [0.5, 0.6) is 0 Å². The molecule has 0 saturated carbocycles. The molecule has 0 bridgehead atoms. The zero-order valence-electron chi connectivity index (χ0n) is 7.24. The first-order valence-electron chi connectivity index (χ1n) is 3.89. The normalized spacial score (nSPS) is 27.1. The van der Waals surface area contributed by atoms with E-state index >= 15 is 0 Å². The van der Waals surface area contributed by atoms with Crippen molar-refractivity contribution in [3.63, 3.8) is 0 Å². The highest BCUT2D eigenvalue weighted by molar-refractivity contribution is 7.88. The molecule has 1 fully saturated rings. The number of hydrogen-bond acceptors (Lipinski definition) is 2. The van der Waals surface area contributed by atoms with E-state index in [0.717, 1.165) is 6.42 Å². The molecule has 0 amide bonds. The number of nitrogens with zero attached hydrogens (tertiary/aromatic N) is 1. The van der Waals surface area contributed by atoms with Gasteiger partial charge in [0.1, 0.15) is 0 Å². The molecule has 0 aliphatic carbocycles. The van der Waals surface area contributed by atoms with Gasteiger partial charge in [-0.15, -0.1) is 0 Å². The predicted molar refractivity (Wildman–Crippen MR) is 44.8 cm³/mol. The van der Waals surface area contributed by atoms with Gasteiger partial charge in [0.15, 0.2) is 0 Å². The summed E-state index contributed by atoms with van der Waals surface area (Å²) in [5.41, 5.74) is 0. The fourth-order valence-corrected chi connectivity index (χ4v) is 2.74. The van der Waals surface area contributed by atoms with E-state index < -0.39 is 10.0 Å². The van der Waals surface area contributed by atoms with Crippen LogP contribution in [0.4, 0.5) is 0 Å². The molecule has 1 atom stereocenters. The summed E-state index contributed by atoms with van der Waals surface area (Å²) in [6.07, 6.45) is 2.30. The van der Waals surface area contributed by atoms with Gasteiger partial charge in [0.2, 0.25) is 10.0 Å². The van der Waals surface area contributed by atoms with E-state index in [0.29, 0.717) is 12.5 Å². The lowest BCUT2D eigenvalue weighted by molar-refractivity contribution is 0.151. The summed E-state index contributed by atoms with van der Waals surface area (Å²) in [6, 6.07) is 0.255. The number of sulfonamides is 1. The zero-order chi connectivity index (χ0) is 8.65. The molecule has 0 spiro atoms. The Bertz CT molecular complexity index is 233. The average molecular weight is 177 g/mol. The van der Waals surface area contributed by atoms with Crippen LogP contribution >= 0.6 is 0 Å². The Hall–Kier alpha value is -0.0900. The van der Waals surface area contributed by atoms with E-state index in [1.807, 2.05) is 0 Å². The summed E-state index contributed by atoms with van der Waals surface area (Å²) in [5, 5.41) is 0. The molecule has 0 aromatic heterocycles. The molecule has 1 unspecified atom stereocenters. The molecular weight excluding hydrogens is 162 g/mol.